The van der Waals surface area contributed by atoms with Gasteiger partial charge in [0.1, 0.15) is 5.09 Å². The second-order valence-electron chi connectivity index (χ2n) is 4.76. The van der Waals surface area contributed by atoms with Crippen LogP contribution in [0.1, 0.15) is 17.7 Å². The third-order valence-corrected chi connectivity index (χ3v) is 3.98. The van der Waals surface area contributed by atoms with Crippen LogP contribution in [0.3, 0.4) is 0 Å². The Morgan fingerprint density at radius 1 is 1.25 bits per heavy atom. The van der Waals surface area contributed by atoms with Crippen LogP contribution in [0.25, 0.3) is 0 Å². The van der Waals surface area contributed by atoms with Crippen LogP contribution >= 0.6 is 11.8 Å². The van der Waals surface area contributed by atoms with Crippen LogP contribution in [-0.4, -0.2) is 8.32 Å². The Labute approximate surface area is 104 Å². The molecule has 1 aromatic rings. The molecule has 0 aliphatic rings. The van der Waals surface area contributed by atoms with E-state index < -0.39 is 8.32 Å². The molecule has 1 atom stereocenters. The molecule has 0 heterocycles. The highest BCUT2D eigenvalue weighted by atomic mass is 32.2. The SMILES string of the molecule is C=C(O[Si](C)(C)C)SC(C)c1ccccc1. The van der Waals surface area contributed by atoms with E-state index in [0.29, 0.717) is 5.25 Å². The molecule has 0 aliphatic carbocycles. The van der Waals surface area contributed by atoms with Crippen molar-refractivity contribution < 1.29 is 4.43 Å². The van der Waals surface area contributed by atoms with Gasteiger partial charge < -0.3 is 4.43 Å². The topological polar surface area (TPSA) is 9.23 Å². The van der Waals surface area contributed by atoms with Crippen molar-refractivity contribution >= 4 is 20.1 Å². The van der Waals surface area contributed by atoms with Crippen LogP contribution in [0.2, 0.25) is 19.6 Å². The van der Waals surface area contributed by atoms with Crippen molar-refractivity contribution in [3.63, 3.8) is 0 Å². The Morgan fingerprint density at radius 2 is 1.81 bits per heavy atom. The molecule has 0 amide bonds. The van der Waals surface area contributed by atoms with Crippen molar-refractivity contribution in [2.24, 2.45) is 0 Å². The highest BCUT2D eigenvalue weighted by molar-refractivity contribution is 8.03. The van der Waals surface area contributed by atoms with Crippen molar-refractivity contribution in [1.29, 1.82) is 0 Å². The molecule has 1 rings (SSSR count). The number of rotatable bonds is 5. The van der Waals surface area contributed by atoms with Gasteiger partial charge in [-0.1, -0.05) is 48.7 Å². The van der Waals surface area contributed by atoms with Gasteiger partial charge in [0.2, 0.25) is 8.32 Å². The molecule has 0 radical (unpaired) electrons. The van der Waals surface area contributed by atoms with Crippen LogP contribution in [0.4, 0.5) is 0 Å². The Balaban J connectivity index is 2.52. The Bertz CT molecular complexity index is 343. The van der Waals surface area contributed by atoms with Crippen LogP contribution in [-0.2, 0) is 4.43 Å². The molecule has 0 saturated carbocycles. The fourth-order valence-corrected chi connectivity index (χ4v) is 3.67. The summed E-state index contributed by atoms with van der Waals surface area (Å²) in [6.45, 7) is 12.7. The lowest BCUT2D eigenvalue weighted by molar-refractivity contribution is 0.465. The summed E-state index contributed by atoms with van der Waals surface area (Å²) in [5.41, 5.74) is 1.31. The van der Waals surface area contributed by atoms with Crippen LogP contribution in [0.15, 0.2) is 42.0 Å². The van der Waals surface area contributed by atoms with Gasteiger partial charge in [0.05, 0.1) is 0 Å². The van der Waals surface area contributed by atoms with E-state index in [0.717, 1.165) is 5.09 Å². The average molecular weight is 252 g/mol. The molecule has 0 fully saturated rings. The normalized spacial score (nSPS) is 13.2. The molecule has 1 nitrogen and oxygen atoms in total. The zero-order valence-corrected chi connectivity index (χ0v) is 12.3. The minimum absolute atomic E-state index is 0.394. The van der Waals surface area contributed by atoms with E-state index in [1.54, 1.807) is 11.8 Å². The number of hydrogen-bond acceptors (Lipinski definition) is 2. The summed E-state index contributed by atoms with van der Waals surface area (Å²) >= 11 is 1.70. The van der Waals surface area contributed by atoms with E-state index in [1.807, 2.05) is 6.07 Å². The van der Waals surface area contributed by atoms with Gasteiger partial charge in [-0.05, 0) is 32.1 Å². The molecule has 3 heteroatoms. The minimum Gasteiger partial charge on any atom is -0.540 e. The van der Waals surface area contributed by atoms with Gasteiger partial charge in [-0.15, -0.1) is 0 Å². The monoisotopic (exact) mass is 252 g/mol. The van der Waals surface area contributed by atoms with Crippen LogP contribution < -0.4 is 0 Å². The summed E-state index contributed by atoms with van der Waals surface area (Å²) in [5.74, 6) is 0. The van der Waals surface area contributed by atoms with Gasteiger partial charge in [-0.3, -0.25) is 0 Å². The molecule has 0 spiro atoms. The summed E-state index contributed by atoms with van der Waals surface area (Å²) < 4.78 is 5.84. The summed E-state index contributed by atoms with van der Waals surface area (Å²) in [4.78, 5) is 0. The average Bonchev–Trinajstić information content (AvgIpc) is 2.16. The highest BCUT2D eigenvalue weighted by Gasteiger charge is 2.18. The molecule has 0 N–H and O–H groups in total. The predicted molar refractivity (Wildman–Crippen MR) is 76.0 cm³/mol. The maximum Gasteiger partial charge on any atom is 0.242 e. The van der Waals surface area contributed by atoms with Crippen molar-refractivity contribution in [2.75, 3.05) is 0 Å². The van der Waals surface area contributed by atoms with Gasteiger partial charge in [-0.2, -0.15) is 0 Å². The first kappa shape index (κ1) is 13.4. The fraction of sp³-hybridized carbons (Fsp3) is 0.385. The van der Waals surface area contributed by atoms with E-state index >= 15 is 0 Å². The fourth-order valence-electron chi connectivity index (χ4n) is 1.35. The predicted octanol–water partition coefficient (Wildman–Crippen LogP) is 4.80. The Hall–Kier alpha value is -0.673. The van der Waals surface area contributed by atoms with E-state index in [-0.39, 0.29) is 0 Å². The van der Waals surface area contributed by atoms with Crippen molar-refractivity contribution in [2.45, 2.75) is 31.8 Å². The van der Waals surface area contributed by atoms with E-state index in [2.05, 4.69) is 57.4 Å². The van der Waals surface area contributed by atoms with Gasteiger partial charge in [0, 0.05) is 5.25 Å². The van der Waals surface area contributed by atoms with Gasteiger partial charge in [0.25, 0.3) is 0 Å². The third-order valence-electron chi connectivity index (χ3n) is 2.00. The lowest BCUT2D eigenvalue weighted by atomic mass is 10.2. The minimum atomic E-state index is -1.51. The Kier molecular flexibility index (Phi) is 4.68. The zero-order chi connectivity index (χ0) is 12.2. The van der Waals surface area contributed by atoms with E-state index in [4.69, 9.17) is 4.43 Å². The molecule has 88 valence electrons. The largest absolute Gasteiger partial charge is 0.540 e. The summed E-state index contributed by atoms with van der Waals surface area (Å²) in [7, 11) is -1.51. The molecule has 16 heavy (non-hydrogen) atoms. The molecule has 1 unspecified atom stereocenters. The molecule has 0 aromatic heterocycles. The molecular weight excluding hydrogens is 232 g/mol. The Morgan fingerprint density at radius 3 is 2.31 bits per heavy atom. The molecule has 0 saturated heterocycles. The molecule has 0 aliphatic heterocycles. The van der Waals surface area contributed by atoms with Crippen LogP contribution in [0, 0.1) is 0 Å². The number of hydrogen-bond donors (Lipinski definition) is 0. The summed E-state index contributed by atoms with van der Waals surface area (Å²) in [6, 6.07) is 10.4. The maximum atomic E-state index is 5.84. The quantitative estimate of drug-likeness (QED) is 0.550. The third kappa shape index (κ3) is 4.90. The van der Waals surface area contributed by atoms with Gasteiger partial charge in [-0.25, -0.2) is 0 Å². The summed E-state index contributed by atoms with van der Waals surface area (Å²) in [5, 5.41) is 1.24. The van der Waals surface area contributed by atoms with Gasteiger partial charge >= 0.3 is 0 Å². The smallest absolute Gasteiger partial charge is 0.242 e. The second kappa shape index (κ2) is 5.59. The highest BCUT2D eigenvalue weighted by Crippen LogP contribution is 2.34. The van der Waals surface area contributed by atoms with E-state index in [9.17, 15) is 0 Å². The first-order valence-corrected chi connectivity index (χ1v) is 9.77. The molecule has 1 aromatic carbocycles. The van der Waals surface area contributed by atoms with Gasteiger partial charge in [0.15, 0.2) is 0 Å². The number of benzene rings is 1. The van der Waals surface area contributed by atoms with Crippen LogP contribution in [0.5, 0.6) is 0 Å². The first-order chi connectivity index (χ1) is 7.38. The van der Waals surface area contributed by atoms with E-state index in [1.165, 1.54) is 5.56 Å². The lowest BCUT2D eigenvalue weighted by Crippen LogP contribution is -2.23. The standard InChI is InChI=1S/C13H20OSSi/c1-11(13-9-7-6-8-10-13)15-12(2)14-16(3,4)5/h6-11H,2H2,1,3-5H3. The van der Waals surface area contributed by atoms with Crippen molar-refractivity contribution in [3.05, 3.63) is 47.6 Å². The first-order valence-electron chi connectivity index (χ1n) is 5.48. The van der Waals surface area contributed by atoms with Crippen molar-refractivity contribution in [3.8, 4) is 0 Å². The molecular formula is C13H20OSSi. The maximum absolute atomic E-state index is 5.84. The zero-order valence-electron chi connectivity index (χ0n) is 10.5. The molecule has 0 bridgehead atoms. The second-order valence-corrected chi connectivity index (χ2v) is 10.6. The van der Waals surface area contributed by atoms with Crippen molar-refractivity contribution in [1.82, 2.24) is 0 Å². The lowest BCUT2D eigenvalue weighted by Gasteiger charge is -2.22. The summed E-state index contributed by atoms with van der Waals surface area (Å²) in [6.07, 6.45) is 0. The number of thioether (sulfide) groups is 1.